The van der Waals surface area contributed by atoms with Gasteiger partial charge in [-0.25, -0.2) is 8.78 Å². The summed E-state index contributed by atoms with van der Waals surface area (Å²) in [6, 6.07) is 0. The van der Waals surface area contributed by atoms with Crippen LogP contribution < -0.4 is 0 Å². The molecule has 0 aliphatic heterocycles. The van der Waals surface area contributed by atoms with Crippen LogP contribution in [0.2, 0.25) is 0 Å². The second kappa shape index (κ2) is 13.6. The highest BCUT2D eigenvalue weighted by molar-refractivity contribution is 4.94. The first kappa shape index (κ1) is 26.4. The average molecular weight is 457 g/mol. The molecule has 0 heterocycles. The van der Waals surface area contributed by atoms with E-state index in [1.54, 1.807) is 0 Å². The zero-order chi connectivity index (χ0) is 22.9. The van der Waals surface area contributed by atoms with Crippen molar-refractivity contribution in [2.75, 3.05) is 13.2 Å². The number of hydrogen-bond acceptors (Lipinski definition) is 2. The van der Waals surface area contributed by atoms with Gasteiger partial charge in [0.25, 0.3) is 0 Å². The van der Waals surface area contributed by atoms with Gasteiger partial charge in [-0.3, -0.25) is 0 Å². The summed E-state index contributed by atoms with van der Waals surface area (Å²) >= 11 is 0. The molecular formula is C28H50F2O2. The van der Waals surface area contributed by atoms with E-state index in [0.717, 1.165) is 37.0 Å². The van der Waals surface area contributed by atoms with Gasteiger partial charge in [0.15, 0.2) is 12.3 Å². The quantitative estimate of drug-likeness (QED) is 0.293. The summed E-state index contributed by atoms with van der Waals surface area (Å²) in [5, 5.41) is 0. The third-order valence-electron chi connectivity index (χ3n) is 8.89. The highest BCUT2D eigenvalue weighted by Crippen LogP contribution is 2.42. The zero-order valence-corrected chi connectivity index (χ0v) is 21.1. The van der Waals surface area contributed by atoms with E-state index in [1.165, 1.54) is 64.2 Å². The van der Waals surface area contributed by atoms with E-state index in [2.05, 4.69) is 13.8 Å². The molecule has 3 fully saturated rings. The van der Waals surface area contributed by atoms with Crippen molar-refractivity contribution >= 4 is 0 Å². The Kier molecular flexibility index (Phi) is 11.2. The van der Waals surface area contributed by atoms with Gasteiger partial charge in [-0.05, 0) is 81.0 Å². The minimum absolute atomic E-state index is 0.00261. The van der Waals surface area contributed by atoms with Crippen LogP contribution in [0.1, 0.15) is 111 Å². The monoisotopic (exact) mass is 456 g/mol. The van der Waals surface area contributed by atoms with Crippen molar-refractivity contribution in [1.29, 1.82) is 0 Å². The summed E-state index contributed by atoms with van der Waals surface area (Å²) in [5.74, 6) is 3.32. The third kappa shape index (κ3) is 7.39. The van der Waals surface area contributed by atoms with Gasteiger partial charge in [-0.1, -0.05) is 59.3 Å². The van der Waals surface area contributed by atoms with Crippen molar-refractivity contribution in [3.05, 3.63) is 0 Å². The lowest BCUT2D eigenvalue weighted by Gasteiger charge is -2.40. The third-order valence-corrected chi connectivity index (χ3v) is 8.89. The summed E-state index contributed by atoms with van der Waals surface area (Å²) in [6.07, 6.45) is 12.8. The Morgan fingerprint density at radius 3 is 1.94 bits per heavy atom. The number of halogens is 2. The maximum Gasteiger partial charge on any atom is 0.160 e. The van der Waals surface area contributed by atoms with E-state index < -0.39 is 24.6 Å². The first-order valence-electron chi connectivity index (χ1n) is 14.0. The Morgan fingerprint density at radius 1 is 0.719 bits per heavy atom. The van der Waals surface area contributed by atoms with Gasteiger partial charge >= 0.3 is 0 Å². The molecule has 0 spiro atoms. The topological polar surface area (TPSA) is 18.5 Å². The molecule has 5 atom stereocenters. The van der Waals surface area contributed by atoms with Crippen LogP contribution in [0.5, 0.6) is 0 Å². The molecule has 3 rings (SSSR count). The maximum absolute atomic E-state index is 14.9. The molecule has 5 unspecified atom stereocenters. The van der Waals surface area contributed by atoms with E-state index in [0.29, 0.717) is 25.6 Å². The van der Waals surface area contributed by atoms with Crippen LogP contribution in [-0.4, -0.2) is 37.8 Å². The molecule has 0 aromatic heterocycles. The molecule has 0 amide bonds. The molecule has 3 aliphatic rings. The lowest BCUT2D eigenvalue weighted by molar-refractivity contribution is -0.146. The lowest BCUT2D eigenvalue weighted by atomic mass is 9.69. The summed E-state index contributed by atoms with van der Waals surface area (Å²) in [6.45, 7) is 7.57. The smallest absolute Gasteiger partial charge is 0.160 e. The average Bonchev–Trinajstić information content (AvgIpc) is 2.81. The predicted molar refractivity (Wildman–Crippen MR) is 128 cm³/mol. The van der Waals surface area contributed by atoms with Crippen LogP contribution in [0.4, 0.5) is 8.78 Å². The zero-order valence-electron chi connectivity index (χ0n) is 21.1. The van der Waals surface area contributed by atoms with E-state index in [9.17, 15) is 8.78 Å². The summed E-state index contributed by atoms with van der Waals surface area (Å²) in [4.78, 5) is 0. The van der Waals surface area contributed by atoms with Crippen molar-refractivity contribution < 1.29 is 18.3 Å². The Balaban J connectivity index is 1.35. The highest BCUT2D eigenvalue weighted by Gasteiger charge is 2.45. The van der Waals surface area contributed by atoms with Crippen LogP contribution in [0.25, 0.3) is 0 Å². The van der Waals surface area contributed by atoms with E-state index in [4.69, 9.17) is 9.47 Å². The fourth-order valence-electron chi connectivity index (χ4n) is 6.76. The van der Waals surface area contributed by atoms with Crippen LogP contribution in [-0.2, 0) is 9.47 Å². The van der Waals surface area contributed by atoms with Crippen LogP contribution >= 0.6 is 0 Å². The Labute approximate surface area is 196 Å². The van der Waals surface area contributed by atoms with Crippen LogP contribution in [0.3, 0.4) is 0 Å². The van der Waals surface area contributed by atoms with Gasteiger partial charge in [0.1, 0.15) is 0 Å². The van der Waals surface area contributed by atoms with Gasteiger partial charge < -0.3 is 9.47 Å². The molecule has 0 saturated heterocycles. The normalized spacial score (nSPS) is 41.0. The summed E-state index contributed by atoms with van der Waals surface area (Å²) < 4.78 is 41.3. The summed E-state index contributed by atoms with van der Waals surface area (Å²) in [5.41, 5.74) is 0. The number of ether oxygens (including phenoxy) is 2. The second-order valence-corrected chi connectivity index (χ2v) is 11.4. The minimum atomic E-state index is -1.57. The highest BCUT2D eigenvalue weighted by atomic mass is 19.2. The maximum atomic E-state index is 14.9. The Morgan fingerprint density at radius 2 is 1.34 bits per heavy atom. The summed E-state index contributed by atoms with van der Waals surface area (Å²) in [7, 11) is 0. The molecule has 0 N–H and O–H groups in total. The second-order valence-electron chi connectivity index (χ2n) is 11.4. The molecule has 0 bridgehead atoms. The molecule has 2 nitrogen and oxygen atoms in total. The molecule has 0 aromatic rings. The van der Waals surface area contributed by atoms with Gasteiger partial charge in [0.2, 0.25) is 0 Å². The minimum Gasteiger partial charge on any atom is -0.375 e. The molecule has 0 radical (unpaired) electrons. The predicted octanol–water partition coefficient (Wildman–Crippen LogP) is 8.08. The largest absolute Gasteiger partial charge is 0.375 e. The van der Waals surface area contributed by atoms with Crippen molar-refractivity contribution in [1.82, 2.24) is 0 Å². The first-order valence-corrected chi connectivity index (χ1v) is 14.0. The Bertz CT molecular complexity index is 500. The number of unbranched alkanes of at least 4 members (excludes halogenated alkanes) is 2. The van der Waals surface area contributed by atoms with E-state index in [1.807, 2.05) is 6.92 Å². The van der Waals surface area contributed by atoms with Crippen LogP contribution in [0.15, 0.2) is 0 Å². The SMILES string of the molecule is CCCCCOC1CC(C)C(OCC2CCC(C3CCC(CCC)CC3)CC2)C(F)C1F. The van der Waals surface area contributed by atoms with E-state index >= 15 is 0 Å². The molecule has 32 heavy (non-hydrogen) atoms. The van der Waals surface area contributed by atoms with Crippen molar-refractivity contribution in [2.45, 2.75) is 135 Å². The number of alkyl halides is 2. The first-order chi connectivity index (χ1) is 15.5. The van der Waals surface area contributed by atoms with Crippen molar-refractivity contribution in [3.63, 3.8) is 0 Å². The van der Waals surface area contributed by atoms with Gasteiger partial charge in [0, 0.05) is 13.2 Å². The van der Waals surface area contributed by atoms with Crippen molar-refractivity contribution in [2.24, 2.45) is 29.6 Å². The van der Waals surface area contributed by atoms with E-state index in [-0.39, 0.29) is 5.92 Å². The molecule has 0 aromatic carbocycles. The van der Waals surface area contributed by atoms with Crippen LogP contribution in [0, 0.1) is 29.6 Å². The van der Waals surface area contributed by atoms with Gasteiger partial charge in [0.05, 0.1) is 12.2 Å². The lowest BCUT2D eigenvalue weighted by Crippen LogP contribution is -2.51. The van der Waals surface area contributed by atoms with Gasteiger partial charge in [-0.2, -0.15) is 0 Å². The van der Waals surface area contributed by atoms with Crippen molar-refractivity contribution in [3.8, 4) is 0 Å². The molecule has 3 saturated carbocycles. The molecule has 3 aliphatic carbocycles. The standard InChI is InChI=1S/C28H50F2O2/c1-4-6-7-17-31-25-18-20(3)28(27(30)26(25)29)32-19-22-11-15-24(16-12-22)23-13-9-21(8-5-2)10-14-23/h20-28H,4-19H2,1-3H3. The number of hydrogen-bond donors (Lipinski definition) is 0. The fraction of sp³-hybridized carbons (Fsp3) is 1.00. The Hall–Kier alpha value is -0.220. The molecule has 188 valence electrons. The fourth-order valence-corrected chi connectivity index (χ4v) is 6.76. The number of rotatable bonds is 11. The van der Waals surface area contributed by atoms with Gasteiger partial charge in [-0.15, -0.1) is 0 Å². The molecular weight excluding hydrogens is 406 g/mol. The molecule has 4 heteroatoms.